The monoisotopic (exact) mass is 309 g/mol. The predicted octanol–water partition coefficient (Wildman–Crippen LogP) is 3.68. The van der Waals surface area contributed by atoms with E-state index in [0.717, 1.165) is 17.1 Å². The number of pyridine rings is 1. The highest BCUT2D eigenvalue weighted by molar-refractivity contribution is 6.07. The van der Waals surface area contributed by atoms with Gasteiger partial charge in [0.2, 0.25) is 0 Å². The molecule has 3 aromatic rings. The number of amides is 1. The predicted molar refractivity (Wildman–Crippen MR) is 90.1 cm³/mol. The fourth-order valence-corrected chi connectivity index (χ4v) is 2.44. The van der Waals surface area contributed by atoms with Gasteiger partial charge in [-0.25, -0.2) is 4.98 Å². The summed E-state index contributed by atoms with van der Waals surface area (Å²) in [5, 5.41) is 2.87. The van der Waals surface area contributed by atoms with Gasteiger partial charge in [-0.05, 0) is 57.2 Å². The Labute approximate surface area is 134 Å². The molecule has 0 aliphatic heterocycles. The van der Waals surface area contributed by atoms with Crippen LogP contribution in [0.15, 0.2) is 48.7 Å². The van der Waals surface area contributed by atoms with Gasteiger partial charge in [0.05, 0.1) is 11.6 Å². The molecule has 0 atom stereocenters. The molecule has 1 amide bonds. The second-order valence-corrected chi connectivity index (χ2v) is 5.61. The lowest BCUT2D eigenvalue weighted by molar-refractivity contribution is 0.102. The normalized spacial score (nSPS) is 11.0. The first-order valence-corrected chi connectivity index (χ1v) is 7.56. The van der Waals surface area contributed by atoms with Gasteiger partial charge in [0.15, 0.2) is 5.69 Å². The van der Waals surface area contributed by atoms with Crippen molar-refractivity contribution in [2.45, 2.75) is 26.9 Å². The summed E-state index contributed by atoms with van der Waals surface area (Å²) in [5.41, 5.74) is 1.92. The molecular weight excluding hydrogens is 290 g/mol. The number of hydrogen-bond donors (Lipinski definition) is 1. The standard InChI is InChI=1S/C18H19N3O2/c1-12(2)23-15-9-7-14(8-10-15)20-18(22)17-16-6-4-5-11-21(16)13(3)19-17/h4-12H,1-3H3,(H,20,22). The SMILES string of the molecule is Cc1nc(C(=O)Nc2ccc(OC(C)C)cc2)c2ccccn12. The van der Waals surface area contributed by atoms with Crippen LogP contribution in [-0.2, 0) is 0 Å². The van der Waals surface area contributed by atoms with Crippen molar-refractivity contribution < 1.29 is 9.53 Å². The van der Waals surface area contributed by atoms with Crippen LogP contribution < -0.4 is 10.1 Å². The third-order valence-electron chi connectivity index (χ3n) is 3.42. The van der Waals surface area contributed by atoms with Crippen LogP contribution in [0.25, 0.3) is 5.52 Å². The zero-order chi connectivity index (χ0) is 16.4. The van der Waals surface area contributed by atoms with Crippen molar-refractivity contribution in [1.82, 2.24) is 9.38 Å². The first-order valence-electron chi connectivity index (χ1n) is 7.56. The third-order valence-corrected chi connectivity index (χ3v) is 3.42. The molecule has 2 aromatic heterocycles. The lowest BCUT2D eigenvalue weighted by atomic mass is 10.2. The average Bonchev–Trinajstić information content (AvgIpc) is 2.86. The highest BCUT2D eigenvalue weighted by atomic mass is 16.5. The van der Waals surface area contributed by atoms with Crippen LogP contribution in [0.1, 0.15) is 30.2 Å². The summed E-state index contributed by atoms with van der Waals surface area (Å²) in [4.78, 5) is 16.9. The summed E-state index contributed by atoms with van der Waals surface area (Å²) >= 11 is 0. The number of fused-ring (bicyclic) bond motifs is 1. The van der Waals surface area contributed by atoms with Gasteiger partial charge in [-0.3, -0.25) is 4.79 Å². The van der Waals surface area contributed by atoms with Crippen molar-refractivity contribution in [2.24, 2.45) is 0 Å². The molecule has 1 N–H and O–H groups in total. The summed E-state index contributed by atoms with van der Waals surface area (Å²) in [6.07, 6.45) is 2.02. The van der Waals surface area contributed by atoms with Crippen molar-refractivity contribution in [3.8, 4) is 5.75 Å². The largest absolute Gasteiger partial charge is 0.491 e. The Balaban J connectivity index is 1.81. The lowest BCUT2D eigenvalue weighted by Gasteiger charge is -2.10. The van der Waals surface area contributed by atoms with Crippen LogP contribution in [0.2, 0.25) is 0 Å². The van der Waals surface area contributed by atoms with E-state index in [1.807, 2.05) is 73.8 Å². The van der Waals surface area contributed by atoms with E-state index in [1.54, 1.807) is 0 Å². The molecule has 0 saturated heterocycles. The number of hydrogen-bond acceptors (Lipinski definition) is 3. The second kappa shape index (κ2) is 6.12. The summed E-state index contributed by atoms with van der Waals surface area (Å²) in [7, 11) is 0. The Morgan fingerprint density at radius 3 is 2.61 bits per heavy atom. The number of aryl methyl sites for hydroxylation is 1. The Bertz CT molecular complexity index is 835. The van der Waals surface area contributed by atoms with E-state index in [4.69, 9.17) is 4.74 Å². The van der Waals surface area contributed by atoms with E-state index in [9.17, 15) is 4.79 Å². The van der Waals surface area contributed by atoms with Crippen LogP contribution in [0, 0.1) is 6.92 Å². The molecule has 118 valence electrons. The van der Waals surface area contributed by atoms with Crippen LogP contribution in [0.3, 0.4) is 0 Å². The lowest BCUT2D eigenvalue weighted by Crippen LogP contribution is -2.13. The van der Waals surface area contributed by atoms with Crippen molar-refractivity contribution in [3.63, 3.8) is 0 Å². The third kappa shape index (κ3) is 3.18. The van der Waals surface area contributed by atoms with Crippen LogP contribution in [-0.4, -0.2) is 21.4 Å². The van der Waals surface area contributed by atoms with Crippen LogP contribution in [0.5, 0.6) is 5.75 Å². The van der Waals surface area contributed by atoms with Crippen LogP contribution >= 0.6 is 0 Å². The molecular formula is C18H19N3O2. The number of imidazole rings is 1. The zero-order valence-corrected chi connectivity index (χ0v) is 13.4. The maximum atomic E-state index is 12.5. The second-order valence-electron chi connectivity index (χ2n) is 5.61. The van der Waals surface area contributed by atoms with Gasteiger partial charge in [0.1, 0.15) is 11.6 Å². The molecule has 0 fully saturated rings. The van der Waals surface area contributed by atoms with Crippen molar-refractivity contribution in [2.75, 3.05) is 5.32 Å². The van der Waals surface area contributed by atoms with E-state index in [1.165, 1.54) is 0 Å². The van der Waals surface area contributed by atoms with E-state index >= 15 is 0 Å². The highest BCUT2D eigenvalue weighted by Crippen LogP contribution is 2.19. The van der Waals surface area contributed by atoms with Gasteiger partial charge < -0.3 is 14.5 Å². The Hall–Kier alpha value is -2.82. The molecule has 5 nitrogen and oxygen atoms in total. The van der Waals surface area contributed by atoms with Crippen molar-refractivity contribution in [1.29, 1.82) is 0 Å². The number of nitrogens with zero attached hydrogens (tertiary/aromatic N) is 2. The molecule has 23 heavy (non-hydrogen) atoms. The van der Waals surface area contributed by atoms with E-state index < -0.39 is 0 Å². The van der Waals surface area contributed by atoms with Gasteiger partial charge in [-0.15, -0.1) is 0 Å². The summed E-state index contributed by atoms with van der Waals surface area (Å²) < 4.78 is 7.49. The summed E-state index contributed by atoms with van der Waals surface area (Å²) in [5.74, 6) is 1.34. The van der Waals surface area contributed by atoms with E-state index in [2.05, 4.69) is 10.3 Å². The fourth-order valence-electron chi connectivity index (χ4n) is 2.44. The molecule has 0 radical (unpaired) electrons. The smallest absolute Gasteiger partial charge is 0.276 e. The average molecular weight is 309 g/mol. The number of benzene rings is 1. The molecule has 5 heteroatoms. The maximum Gasteiger partial charge on any atom is 0.276 e. The topological polar surface area (TPSA) is 55.6 Å². The first kappa shape index (κ1) is 15.1. The van der Waals surface area contributed by atoms with Gasteiger partial charge in [0.25, 0.3) is 5.91 Å². The van der Waals surface area contributed by atoms with Gasteiger partial charge in [0, 0.05) is 11.9 Å². The number of aromatic nitrogens is 2. The molecule has 0 aliphatic rings. The van der Waals surface area contributed by atoms with Gasteiger partial charge >= 0.3 is 0 Å². The number of nitrogens with one attached hydrogen (secondary N) is 1. The van der Waals surface area contributed by atoms with Crippen molar-refractivity contribution in [3.05, 3.63) is 60.2 Å². The molecule has 0 spiro atoms. The molecule has 0 bridgehead atoms. The minimum absolute atomic E-state index is 0.121. The molecule has 3 rings (SSSR count). The number of carbonyl (C=O) groups excluding carboxylic acids is 1. The number of ether oxygens (including phenoxy) is 1. The van der Waals surface area contributed by atoms with E-state index in [0.29, 0.717) is 11.4 Å². The quantitative estimate of drug-likeness (QED) is 0.800. The Kier molecular flexibility index (Phi) is 4.02. The zero-order valence-electron chi connectivity index (χ0n) is 13.4. The molecule has 0 saturated carbocycles. The number of carbonyl (C=O) groups is 1. The highest BCUT2D eigenvalue weighted by Gasteiger charge is 2.15. The Morgan fingerprint density at radius 1 is 1.17 bits per heavy atom. The van der Waals surface area contributed by atoms with Crippen molar-refractivity contribution >= 4 is 17.1 Å². The molecule has 0 unspecified atom stereocenters. The molecule has 0 aliphatic carbocycles. The Morgan fingerprint density at radius 2 is 1.91 bits per heavy atom. The summed E-state index contributed by atoms with van der Waals surface area (Å²) in [6.45, 7) is 5.82. The first-order chi connectivity index (χ1) is 11.0. The maximum absolute atomic E-state index is 12.5. The molecule has 2 heterocycles. The minimum Gasteiger partial charge on any atom is -0.491 e. The van der Waals surface area contributed by atoms with E-state index in [-0.39, 0.29) is 12.0 Å². The minimum atomic E-state index is -0.223. The number of anilines is 1. The van der Waals surface area contributed by atoms with Gasteiger partial charge in [-0.1, -0.05) is 6.07 Å². The van der Waals surface area contributed by atoms with Crippen LogP contribution in [0.4, 0.5) is 5.69 Å². The number of rotatable bonds is 4. The molecule has 1 aromatic carbocycles. The summed E-state index contributed by atoms with van der Waals surface area (Å²) in [6, 6.07) is 13.0. The fraction of sp³-hybridized carbons (Fsp3) is 0.222. The van der Waals surface area contributed by atoms with Gasteiger partial charge in [-0.2, -0.15) is 0 Å².